The molecule has 0 bridgehead atoms. The Morgan fingerprint density at radius 1 is 1.04 bits per heavy atom. The van der Waals surface area contributed by atoms with Crippen LogP contribution in [0.25, 0.3) is 0 Å². The Morgan fingerprint density at radius 2 is 1.70 bits per heavy atom. The van der Waals surface area contributed by atoms with Crippen molar-refractivity contribution in [2.45, 2.75) is 25.8 Å². The Labute approximate surface area is 137 Å². The number of nitrogens with two attached hydrogens (primary N) is 1. The molecule has 0 spiro atoms. The Hall–Kier alpha value is -2.33. The molecule has 0 aliphatic rings. The van der Waals surface area contributed by atoms with Crippen LogP contribution < -0.4 is 15.8 Å². The second-order valence-electron chi connectivity index (χ2n) is 5.83. The first-order chi connectivity index (χ1) is 11.1. The summed E-state index contributed by atoms with van der Waals surface area (Å²) in [4.78, 5) is 11.8. The molecule has 4 heteroatoms. The predicted octanol–water partition coefficient (Wildman–Crippen LogP) is 3.01. The second-order valence-corrected chi connectivity index (χ2v) is 5.83. The minimum Gasteiger partial charge on any atom is -0.484 e. The van der Waals surface area contributed by atoms with Crippen molar-refractivity contribution in [1.82, 2.24) is 5.32 Å². The van der Waals surface area contributed by atoms with E-state index >= 15 is 0 Å². The molecule has 0 aromatic heterocycles. The molecule has 0 heterocycles. The van der Waals surface area contributed by atoms with E-state index in [0.29, 0.717) is 18.2 Å². The number of benzene rings is 2. The molecule has 0 radical (unpaired) electrons. The van der Waals surface area contributed by atoms with Gasteiger partial charge < -0.3 is 15.8 Å². The van der Waals surface area contributed by atoms with Crippen LogP contribution in [0.15, 0.2) is 54.6 Å². The maximum absolute atomic E-state index is 11.8. The zero-order chi connectivity index (χ0) is 16.7. The lowest BCUT2D eigenvalue weighted by molar-refractivity contribution is -0.123. The first-order valence-electron chi connectivity index (χ1n) is 7.86. The summed E-state index contributed by atoms with van der Waals surface area (Å²) in [5.41, 5.74) is 8.28. The fourth-order valence-corrected chi connectivity index (χ4v) is 2.19. The Kier molecular flexibility index (Phi) is 6.18. The molecule has 0 fully saturated rings. The molecule has 1 atom stereocenters. The third-order valence-electron chi connectivity index (χ3n) is 3.66. The van der Waals surface area contributed by atoms with Crippen LogP contribution in [0.1, 0.15) is 36.9 Å². The lowest BCUT2D eigenvalue weighted by Gasteiger charge is -2.13. The molecule has 4 nitrogen and oxygen atoms in total. The summed E-state index contributed by atoms with van der Waals surface area (Å²) in [5, 5.41) is 2.79. The Morgan fingerprint density at radius 3 is 2.30 bits per heavy atom. The molecule has 0 aliphatic carbocycles. The number of ether oxygens (including phenoxy) is 1. The van der Waals surface area contributed by atoms with Gasteiger partial charge in [-0.1, -0.05) is 56.3 Å². The molecule has 1 unspecified atom stereocenters. The fraction of sp³-hybridized carbons (Fsp3) is 0.316. The number of hydrogen-bond donors (Lipinski definition) is 2. The van der Waals surface area contributed by atoms with Gasteiger partial charge in [0.25, 0.3) is 5.91 Å². The van der Waals surface area contributed by atoms with Crippen molar-refractivity contribution < 1.29 is 9.53 Å². The standard InChI is InChI=1S/C19H24N2O2/c1-14(2)15-8-10-17(11-9-15)23-13-19(22)21-12-18(20)16-6-4-3-5-7-16/h3-11,14,18H,12-13,20H2,1-2H3,(H,21,22). The van der Waals surface area contributed by atoms with Crippen LogP contribution in [0.2, 0.25) is 0 Å². The van der Waals surface area contributed by atoms with Crippen LogP contribution in [0.5, 0.6) is 5.75 Å². The molecular weight excluding hydrogens is 288 g/mol. The molecule has 0 aliphatic heterocycles. The zero-order valence-electron chi connectivity index (χ0n) is 13.7. The third kappa shape index (κ3) is 5.42. The summed E-state index contributed by atoms with van der Waals surface area (Å²) in [6.07, 6.45) is 0. The number of nitrogens with one attached hydrogen (secondary N) is 1. The fourth-order valence-electron chi connectivity index (χ4n) is 2.19. The Balaban J connectivity index is 1.74. The highest BCUT2D eigenvalue weighted by Crippen LogP contribution is 2.18. The summed E-state index contributed by atoms with van der Waals surface area (Å²) in [6, 6.07) is 17.3. The second kappa shape index (κ2) is 8.34. The monoisotopic (exact) mass is 312 g/mol. The molecule has 2 rings (SSSR count). The summed E-state index contributed by atoms with van der Waals surface area (Å²) < 4.78 is 5.49. The number of carbonyl (C=O) groups is 1. The van der Waals surface area contributed by atoms with Gasteiger partial charge in [-0.25, -0.2) is 0 Å². The normalized spacial score (nSPS) is 12.0. The summed E-state index contributed by atoms with van der Waals surface area (Å²) in [5.74, 6) is 0.994. The van der Waals surface area contributed by atoms with Crippen molar-refractivity contribution in [3.05, 3.63) is 65.7 Å². The largest absolute Gasteiger partial charge is 0.484 e. The van der Waals surface area contributed by atoms with Gasteiger partial charge in [0, 0.05) is 12.6 Å². The van der Waals surface area contributed by atoms with Crippen molar-refractivity contribution in [3.8, 4) is 5.75 Å². The number of amides is 1. The highest BCUT2D eigenvalue weighted by molar-refractivity contribution is 5.77. The maximum Gasteiger partial charge on any atom is 0.258 e. The van der Waals surface area contributed by atoms with E-state index in [1.165, 1.54) is 5.56 Å². The molecule has 122 valence electrons. The average molecular weight is 312 g/mol. The van der Waals surface area contributed by atoms with Gasteiger partial charge >= 0.3 is 0 Å². The highest BCUT2D eigenvalue weighted by atomic mass is 16.5. The van der Waals surface area contributed by atoms with E-state index in [-0.39, 0.29) is 18.6 Å². The number of rotatable bonds is 7. The minimum absolute atomic E-state index is 0.0114. The lowest BCUT2D eigenvalue weighted by Crippen LogP contribution is -2.35. The van der Waals surface area contributed by atoms with Crippen LogP contribution in [0.4, 0.5) is 0 Å². The van der Waals surface area contributed by atoms with E-state index in [0.717, 1.165) is 5.56 Å². The van der Waals surface area contributed by atoms with Gasteiger partial charge in [-0.2, -0.15) is 0 Å². The topological polar surface area (TPSA) is 64.3 Å². The molecule has 0 saturated heterocycles. The summed E-state index contributed by atoms with van der Waals surface area (Å²) in [7, 11) is 0. The molecule has 1 amide bonds. The number of hydrogen-bond acceptors (Lipinski definition) is 3. The molecule has 3 N–H and O–H groups in total. The van der Waals surface area contributed by atoms with Crippen LogP contribution in [0.3, 0.4) is 0 Å². The maximum atomic E-state index is 11.8. The van der Waals surface area contributed by atoms with Crippen molar-refractivity contribution in [3.63, 3.8) is 0 Å². The molecular formula is C19H24N2O2. The summed E-state index contributed by atoms with van der Waals surface area (Å²) >= 11 is 0. The van der Waals surface area contributed by atoms with E-state index < -0.39 is 0 Å². The van der Waals surface area contributed by atoms with Crippen LogP contribution >= 0.6 is 0 Å². The molecule has 2 aromatic rings. The predicted molar refractivity (Wildman–Crippen MR) is 92.4 cm³/mol. The van der Waals surface area contributed by atoms with Crippen LogP contribution in [-0.4, -0.2) is 19.1 Å². The van der Waals surface area contributed by atoms with Gasteiger partial charge in [-0.05, 0) is 29.2 Å². The van der Waals surface area contributed by atoms with Crippen LogP contribution in [0, 0.1) is 0 Å². The van der Waals surface area contributed by atoms with E-state index in [4.69, 9.17) is 10.5 Å². The van der Waals surface area contributed by atoms with Gasteiger partial charge in [0.2, 0.25) is 0 Å². The third-order valence-corrected chi connectivity index (χ3v) is 3.66. The van der Waals surface area contributed by atoms with Gasteiger partial charge in [0.05, 0.1) is 0 Å². The molecule has 2 aromatic carbocycles. The van der Waals surface area contributed by atoms with Gasteiger partial charge in [0.1, 0.15) is 5.75 Å². The zero-order valence-corrected chi connectivity index (χ0v) is 13.7. The highest BCUT2D eigenvalue weighted by Gasteiger charge is 2.08. The van der Waals surface area contributed by atoms with Gasteiger partial charge in [-0.15, -0.1) is 0 Å². The van der Waals surface area contributed by atoms with Crippen molar-refractivity contribution in [2.24, 2.45) is 5.73 Å². The van der Waals surface area contributed by atoms with Crippen molar-refractivity contribution >= 4 is 5.91 Å². The van der Waals surface area contributed by atoms with Crippen molar-refractivity contribution in [2.75, 3.05) is 13.2 Å². The Bertz CT molecular complexity index is 609. The van der Waals surface area contributed by atoms with E-state index in [9.17, 15) is 4.79 Å². The quantitative estimate of drug-likeness (QED) is 0.826. The average Bonchev–Trinajstić information content (AvgIpc) is 2.59. The SMILES string of the molecule is CC(C)c1ccc(OCC(=O)NCC(N)c2ccccc2)cc1. The van der Waals surface area contributed by atoms with E-state index in [1.807, 2.05) is 54.6 Å². The van der Waals surface area contributed by atoms with E-state index in [2.05, 4.69) is 19.2 Å². The van der Waals surface area contributed by atoms with E-state index in [1.54, 1.807) is 0 Å². The van der Waals surface area contributed by atoms with Crippen molar-refractivity contribution in [1.29, 1.82) is 0 Å². The first kappa shape index (κ1) is 17.0. The first-order valence-corrected chi connectivity index (χ1v) is 7.86. The minimum atomic E-state index is -0.217. The molecule has 23 heavy (non-hydrogen) atoms. The van der Waals surface area contributed by atoms with Gasteiger partial charge in [0.15, 0.2) is 6.61 Å². The smallest absolute Gasteiger partial charge is 0.258 e. The molecule has 0 saturated carbocycles. The summed E-state index contributed by atoms with van der Waals surface area (Å²) in [6.45, 7) is 4.65. The van der Waals surface area contributed by atoms with Gasteiger partial charge in [-0.3, -0.25) is 4.79 Å². The number of carbonyl (C=O) groups excluding carboxylic acids is 1. The lowest BCUT2D eigenvalue weighted by atomic mass is 10.0. The van der Waals surface area contributed by atoms with Crippen LogP contribution in [-0.2, 0) is 4.79 Å².